The van der Waals surface area contributed by atoms with E-state index in [1.54, 1.807) is 12.3 Å². The second kappa shape index (κ2) is 6.14. The summed E-state index contributed by atoms with van der Waals surface area (Å²) in [7, 11) is 0. The summed E-state index contributed by atoms with van der Waals surface area (Å²) in [6, 6.07) is 10.4. The van der Waals surface area contributed by atoms with E-state index in [9.17, 15) is 4.79 Å². The third-order valence-corrected chi connectivity index (χ3v) is 3.95. The minimum absolute atomic E-state index is 0.0683. The molecule has 4 nitrogen and oxygen atoms in total. The zero-order valence-corrected chi connectivity index (χ0v) is 12.3. The SMILES string of the molecule is Cc1ccc(CN2CCN(C(=O)c3ccoc3)CC2)cc1. The molecule has 1 aliphatic heterocycles. The van der Waals surface area contributed by atoms with Crippen LogP contribution < -0.4 is 0 Å². The van der Waals surface area contributed by atoms with Crippen LogP contribution in [0.1, 0.15) is 21.5 Å². The van der Waals surface area contributed by atoms with E-state index in [-0.39, 0.29) is 5.91 Å². The lowest BCUT2D eigenvalue weighted by molar-refractivity contribution is 0.0628. The Kier molecular flexibility index (Phi) is 4.06. The van der Waals surface area contributed by atoms with Crippen molar-refractivity contribution in [1.82, 2.24) is 9.80 Å². The Morgan fingerprint density at radius 2 is 1.81 bits per heavy atom. The molecule has 2 heterocycles. The van der Waals surface area contributed by atoms with Gasteiger partial charge in [-0.25, -0.2) is 0 Å². The van der Waals surface area contributed by atoms with E-state index in [1.165, 1.54) is 17.4 Å². The molecule has 1 fully saturated rings. The molecule has 4 heteroatoms. The Labute approximate surface area is 125 Å². The second-order valence-electron chi connectivity index (χ2n) is 5.57. The molecule has 2 aromatic rings. The fraction of sp³-hybridized carbons (Fsp3) is 0.353. The lowest BCUT2D eigenvalue weighted by atomic mass is 10.1. The Hall–Kier alpha value is -2.07. The van der Waals surface area contributed by atoms with Crippen LogP contribution in [-0.2, 0) is 6.54 Å². The lowest BCUT2D eigenvalue weighted by Crippen LogP contribution is -2.48. The molecule has 21 heavy (non-hydrogen) atoms. The van der Waals surface area contributed by atoms with Gasteiger partial charge in [0.1, 0.15) is 6.26 Å². The largest absolute Gasteiger partial charge is 0.472 e. The summed E-state index contributed by atoms with van der Waals surface area (Å²) in [6.07, 6.45) is 3.06. The number of aryl methyl sites for hydroxylation is 1. The molecule has 1 aromatic carbocycles. The minimum atomic E-state index is 0.0683. The maximum absolute atomic E-state index is 12.2. The topological polar surface area (TPSA) is 36.7 Å². The van der Waals surface area contributed by atoms with Crippen LogP contribution in [0.2, 0.25) is 0 Å². The van der Waals surface area contributed by atoms with E-state index in [4.69, 9.17) is 4.42 Å². The molecule has 0 unspecified atom stereocenters. The first-order chi connectivity index (χ1) is 10.2. The molecular weight excluding hydrogens is 264 g/mol. The molecular formula is C17H20N2O2. The molecule has 3 rings (SSSR count). The molecule has 0 aliphatic carbocycles. The van der Waals surface area contributed by atoms with Gasteiger partial charge in [0, 0.05) is 32.7 Å². The van der Waals surface area contributed by atoms with Crippen LogP contribution in [0.4, 0.5) is 0 Å². The van der Waals surface area contributed by atoms with Gasteiger partial charge in [0.15, 0.2) is 0 Å². The number of benzene rings is 1. The van der Waals surface area contributed by atoms with Gasteiger partial charge in [-0.3, -0.25) is 9.69 Å². The fourth-order valence-electron chi connectivity index (χ4n) is 2.63. The first-order valence-electron chi connectivity index (χ1n) is 7.32. The van der Waals surface area contributed by atoms with Crippen molar-refractivity contribution < 1.29 is 9.21 Å². The second-order valence-corrected chi connectivity index (χ2v) is 5.57. The number of rotatable bonds is 3. The summed E-state index contributed by atoms with van der Waals surface area (Å²) in [6.45, 7) is 6.43. The van der Waals surface area contributed by atoms with Gasteiger partial charge in [-0.2, -0.15) is 0 Å². The van der Waals surface area contributed by atoms with Crippen molar-refractivity contribution >= 4 is 5.91 Å². The fourth-order valence-corrected chi connectivity index (χ4v) is 2.63. The first kappa shape index (κ1) is 13.9. The van der Waals surface area contributed by atoms with Gasteiger partial charge in [0.25, 0.3) is 5.91 Å². The summed E-state index contributed by atoms with van der Waals surface area (Å²) < 4.78 is 4.98. The van der Waals surface area contributed by atoms with E-state index in [2.05, 4.69) is 36.1 Å². The number of carbonyl (C=O) groups excluding carboxylic acids is 1. The third kappa shape index (κ3) is 3.34. The molecule has 0 saturated carbocycles. The van der Waals surface area contributed by atoms with E-state index in [1.807, 2.05) is 4.90 Å². The van der Waals surface area contributed by atoms with Crippen LogP contribution >= 0.6 is 0 Å². The van der Waals surface area contributed by atoms with E-state index in [0.29, 0.717) is 5.56 Å². The van der Waals surface area contributed by atoms with Crippen molar-refractivity contribution in [1.29, 1.82) is 0 Å². The standard InChI is InChI=1S/C17H20N2O2/c1-14-2-4-15(5-3-14)12-18-7-9-19(10-8-18)17(20)16-6-11-21-13-16/h2-6,11,13H,7-10,12H2,1H3. The van der Waals surface area contributed by atoms with Crippen LogP contribution in [0.15, 0.2) is 47.3 Å². The molecule has 0 spiro atoms. The molecule has 1 saturated heterocycles. The van der Waals surface area contributed by atoms with Crippen molar-refractivity contribution in [2.75, 3.05) is 26.2 Å². The molecule has 0 bridgehead atoms. The smallest absolute Gasteiger partial charge is 0.257 e. The number of piperazine rings is 1. The van der Waals surface area contributed by atoms with Gasteiger partial charge < -0.3 is 9.32 Å². The lowest BCUT2D eigenvalue weighted by Gasteiger charge is -2.34. The molecule has 1 aromatic heterocycles. The van der Waals surface area contributed by atoms with E-state index >= 15 is 0 Å². The number of furan rings is 1. The number of carbonyl (C=O) groups is 1. The van der Waals surface area contributed by atoms with Gasteiger partial charge in [0.05, 0.1) is 11.8 Å². The number of hydrogen-bond donors (Lipinski definition) is 0. The summed E-state index contributed by atoms with van der Waals surface area (Å²) in [5.74, 6) is 0.0683. The van der Waals surface area contributed by atoms with Crippen molar-refractivity contribution in [2.45, 2.75) is 13.5 Å². The highest BCUT2D eigenvalue weighted by Gasteiger charge is 2.22. The van der Waals surface area contributed by atoms with Crippen molar-refractivity contribution in [3.63, 3.8) is 0 Å². The quantitative estimate of drug-likeness (QED) is 0.869. The highest BCUT2D eigenvalue weighted by Crippen LogP contribution is 2.12. The third-order valence-electron chi connectivity index (χ3n) is 3.95. The van der Waals surface area contributed by atoms with E-state index < -0.39 is 0 Å². The van der Waals surface area contributed by atoms with Crippen molar-refractivity contribution in [3.05, 3.63) is 59.5 Å². The van der Waals surface area contributed by atoms with E-state index in [0.717, 1.165) is 32.7 Å². The highest BCUT2D eigenvalue weighted by atomic mass is 16.3. The average molecular weight is 284 g/mol. The molecule has 1 aliphatic rings. The van der Waals surface area contributed by atoms with Crippen LogP contribution in [0.25, 0.3) is 0 Å². The van der Waals surface area contributed by atoms with Crippen LogP contribution in [-0.4, -0.2) is 41.9 Å². The molecule has 0 radical (unpaired) electrons. The van der Waals surface area contributed by atoms with Gasteiger partial charge >= 0.3 is 0 Å². The molecule has 1 amide bonds. The predicted octanol–water partition coefficient (Wildman–Crippen LogP) is 2.55. The molecule has 0 atom stereocenters. The van der Waals surface area contributed by atoms with Gasteiger partial charge in [-0.05, 0) is 18.6 Å². The van der Waals surface area contributed by atoms with Crippen LogP contribution in [0.5, 0.6) is 0 Å². The number of nitrogens with zero attached hydrogens (tertiary/aromatic N) is 2. The monoisotopic (exact) mass is 284 g/mol. The molecule has 110 valence electrons. The first-order valence-corrected chi connectivity index (χ1v) is 7.32. The summed E-state index contributed by atoms with van der Waals surface area (Å²) in [4.78, 5) is 16.5. The van der Waals surface area contributed by atoms with Gasteiger partial charge in [-0.1, -0.05) is 29.8 Å². The number of hydrogen-bond acceptors (Lipinski definition) is 3. The number of amides is 1. The average Bonchev–Trinajstić information content (AvgIpc) is 3.04. The summed E-state index contributed by atoms with van der Waals surface area (Å²) >= 11 is 0. The van der Waals surface area contributed by atoms with Crippen molar-refractivity contribution in [3.8, 4) is 0 Å². The minimum Gasteiger partial charge on any atom is -0.472 e. The zero-order valence-electron chi connectivity index (χ0n) is 12.3. The van der Waals surface area contributed by atoms with Gasteiger partial charge in [-0.15, -0.1) is 0 Å². The Bertz CT molecular complexity index is 582. The maximum atomic E-state index is 12.2. The van der Waals surface area contributed by atoms with Crippen LogP contribution in [0.3, 0.4) is 0 Å². The zero-order chi connectivity index (χ0) is 14.7. The van der Waals surface area contributed by atoms with Crippen LogP contribution in [0, 0.1) is 6.92 Å². The summed E-state index contributed by atoms with van der Waals surface area (Å²) in [5, 5.41) is 0. The van der Waals surface area contributed by atoms with Crippen molar-refractivity contribution in [2.24, 2.45) is 0 Å². The maximum Gasteiger partial charge on any atom is 0.257 e. The summed E-state index contributed by atoms with van der Waals surface area (Å²) in [5.41, 5.74) is 3.26. The highest BCUT2D eigenvalue weighted by molar-refractivity contribution is 5.93. The Balaban J connectivity index is 1.53. The van der Waals surface area contributed by atoms with Gasteiger partial charge in [0.2, 0.25) is 0 Å². The normalized spacial score (nSPS) is 16.1. The molecule has 0 N–H and O–H groups in total. The Morgan fingerprint density at radius 3 is 2.43 bits per heavy atom. The predicted molar refractivity (Wildman–Crippen MR) is 81.1 cm³/mol. The Morgan fingerprint density at radius 1 is 1.10 bits per heavy atom.